The van der Waals surface area contributed by atoms with Gasteiger partial charge in [-0.15, -0.1) is 0 Å². The van der Waals surface area contributed by atoms with Gasteiger partial charge in [0.15, 0.2) is 0 Å². The molecule has 0 heterocycles. The maximum Gasteiger partial charge on any atom is 0.338 e. The first-order chi connectivity index (χ1) is 17.8. The maximum atomic E-state index is 12.7. The number of benzene rings is 4. The molecule has 0 saturated carbocycles. The van der Waals surface area contributed by atoms with Crippen molar-refractivity contribution in [1.82, 2.24) is 5.32 Å². The van der Waals surface area contributed by atoms with Crippen molar-refractivity contribution in [2.75, 3.05) is 7.11 Å². The molecule has 2 atom stereocenters. The first-order valence-corrected chi connectivity index (χ1v) is 13.0. The smallest absolute Gasteiger partial charge is 0.338 e. The summed E-state index contributed by atoms with van der Waals surface area (Å²) in [5, 5.41) is 6.17. The third kappa shape index (κ3) is 6.20. The fourth-order valence-corrected chi connectivity index (χ4v) is 4.87. The maximum absolute atomic E-state index is 12.7. The van der Waals surface area contributed by atoms with Gasteiger partial charge >= 0.3 is 5.97 Å². The molecule has 0 saturated heterocycles. The molecule has 0 aliphatic carbocycles. The molecule has 0 radical (unpaired) electrons. The van der Waals surface area contributed by atoms with Gasteiger partial charge in [-0.25, -0.2) is 4.79 Å². The van der Waals surface area contributed by atoms with Gasteiger partial charge in [-0.2, -0.15) is 0 Å². The normalized spacial score (nSPS) is 12.9. The molecule has 0 aliphatic heterocycles. The Morgan fingerprint density at radius 3 is 2.41 bits per heavy atom. The highest BCUT2D eigenvalue weighted by atomic mass is 16.5. The molecule has 4 aromatic carbocycles. The van der Waals surface area contributed by atoms with Crippen molar-refractivity contribution in [3.05, 3.63) is 101 Å². The minimum absolute atomic E-state index is 0.145. The molecule has 1 unspecified atom stereocenters. The van der Waals surface area contributed by atoms with Gasteiger partial charge in [0.25, 0.3) is 0 Å². The molecule has 0 bridgehead atoms. The second-order valence-electron chi connectivity index (χ2n) is 9.96. The largest absolute Gasteiger partial charge is 0.497 e. The number of hydrogen-bond acceptors (Lipinski definition) is 4. The van der Waals surface area contributed by atoms with Crippen LogP contribution in [-0.2, 0) is 4.74 Å². The molecule has 0 spiro atoms. The van der Waals surface area contributed by atoms with E-state index in [1.165, 1.54) is 16.5 Å². The zero-order valence-electron chi connectivity index (χ0n) is 22.7. The summed E-state index contributed by atoms with van der Waals surface area (Å²) in [7, 11) is 1.70. The Bertz CT molecular complexity index is 1390. The third-order valence-corrected chi connectivity index (χ3v) is 6.71. The van der Waals surface area contributed by atoms with E-state index in [0.29, 0.717) is 5.56 Å². The Labute approximate surface area is 220 Å². The van der Waals surface area contributed by atoms with Gasteiger partial charge in [-0.3, -0.25) is 0 Å². The Kier molecular flexibility index (Phi) is 8.30. The summed E-state index contributed by atoms with van der Waals surface area (Å²) in [6, 6.07) is 27.5. The lowest BCUT2D eigenvalue weighted by Crippen LogP contribution is -2.24. The number of methoxy groups -OCH3 is 1. The van der Waals surface area contributed by atoms with Gasteiger partial charge < -0.3 is 14.8 Å². The molecule has 1 N–H and O–H groups in total. The number of hydrogen-bond donors (Lipinski definition) is 1. The fourth-order valence-electron chi connectivity index (χ4n) is 4.87. The second-order valence-corrected chi connectivity index (χ2v) is 9.96. The number of esters is 1. The van der Waals surface area contributed by atoms with Gasteiger partial charge in [-0.1, -0.05) is 49.4 Å². The van der Waals surface area contributed by atoms with Gasteiger partial charge in [0.2, 0.25) is 0 Å². The predicted octanol–water partition coefficient (Wildman–Crippen LogP) is 8.19. The monoisotopic (exact) mass is 495 g/mol. The summed E-state index contributed by atoms with van der Waals surface area (Å²) in [5.41, 5.74) is 6.15. The number of fused-ring (bicyclic) bond motifs is 1. The highest BCUT2D eigenvalue weighted by Crippen LogP contribution is 2.35. The lowest BCUT2D eigenvalue weighted by Gasteiger charge is -2.25. The van der Waals surface area contributed by atoms with E-state index in [2.05, 4.69) is 73.8 Å². The standard InChI is InChI=1S/C33H37NO3/c1-7-32(34-23(5)24-12-10-13-29(19-24)36-6)27-17-25-11-8-9-14-30(25)31(20-27)26-15-22(4)16-28(18-26)33(35)37-21(2)3/h8-21,23,32,34H,7H2,1-6H3/t23-,32?/m1/s1. The quantitative estimate of drug-likeness (QED) is 0.238. The van der Waals surface area contributed by atoms with Crippen molar-refractivity contribution >= 4 is 16.7 Å². The Morgan fingerprint density at radius 2 is 1.68 bits per heavy atom. The number of nitrogens with one attached hydrogen (secondary N) is 1. The van der Waals surface area contributed by atoms with Crippen LogP contribution in [0.5, 0.6) is 5.75 Å². The first kappa shape index (κ1) is 26.4. The molecule has 4 heteroatoms. The number of ether oxygens (including phenoxy) is 2. The SMILES string of the molecule is CCC(N[C@H](C)c1cccc(OC)c1)c1cc(-c2cc(C)cc(C(=O)OC(C)C)c2)c2ccccc2c1. The van der Waals surface area contributed by atoms with Crippen LogP contribution in [0.4, 0.5) is 0 Å². The van der Waals surface area contributed by atoms with Crippen LogP contribution in [0.1, 0.15) is 73.2 Å². The first-order valence-electron chi connectivity index (χ1n) is 13.0. The van der Waals surface area contributed by atoms with Gasteiger partial charge in [0.1, 0.15) is 5.75 Å². The van der Waals surface area contributed by atoms with E-state index in [1.807, 2.05) is 45.0 Å². The average Bonchev–Trinajstić information content (AvgIpc) is 2.90. The Morgan fingerprint density at radius 1 is 0.892 bits per heavy atom. The minimum Gasteiger partial charge on any atom is -0.497 e. The summed E-state index contributed by atoms with van der Waals surface area (Å²) in [4.78, 5) is 12.7. The van der Waals surface area contributed by atoms with E-state index >= 15 is 0 Å². The van der Waals surface area contributed by atoms with Crippen LogP contribution >= 0.6 is 0 Å². The summed E-state index contributed by atoms with van der Waals surface area (Å²) >= 11 is 0. The van der Waals surface area contributed by atoms with Crippen LogP contribution in [-0.4, -0.2) is 19.2 Å². The molecule has 37 heavy (non-hydrogen) atoms. The molecule has 192 valence electrons. The molecular formula is C33H37NO3. The summed E-state index contributed by atoms with van der Waals surface area (Å²) in [6.45, 7) is 10.2. The fraction of sp³-hybridized carbons (Fsp3) is 0.303. The van der Waals surface area contributed by atoms with Crippen molar-refractivity contribution in [1.29, 1.82) is 0 Å². The van der Waals surface area contributed by atoms with Crippen LogP contribution < -0.4 is 10.1 Å². The predicted molar refractivity (Wildman–Crippen MR) is 152 cm³/mol. The Hall–Kier alpha value is -3.63. The zero-order chi connectivity index (χ0) is 26.5. The lowest BCUT2D eigenvalue weighted by molar-refractivity contribution is 0.0378. The third-order valence-electron chi connectivity index (χ3n) is 6.71. The van der Waals surface area contributed by atoms with E-state index in [0.717, 1.165) is 34.2 Å². The van der Waals surface area contributed by atoms with E-state index in [-0.39, 0.29) is 24.2 Å². The van der Waals surface area contributed by atoms with Crippen LogP contribution in [0.25, 0.3) is 21.9 Å². The van der Waals surface area contributed by atoms with Gasteiger partial charge in [0, 0.05) is 12.1 Å². The number of rotatable bonds is 9. The molecule has 0 aliphatic rings. The summed E-state index contributed by atoms with van der Waals surface area (Å²) in [6.07, 6.45) is 0.773. The molecule has 4 nitrogen and oxygen atoms in total. The average molecular weight is 496 g/mol. The number of carbonyl (C=O) groups excluding carboxylic acids is 1. The van der Waals surface area contributed by atoms with E-state index in [1.54, 1.807) is 7.11 Å². The topological polar surface area (TPSA) is 47.6 Å². The molecular weight excluding hydrogens is 458 g/mol. The van der Waals surface area contributed by atoms with Gasteiger partial charge in [-0.05, 0) is 109 Å². The van der Waals surface area contributed by atoms with Crippen molar-refractivity contribution in [3.8, 4) is 16.9 Å². The summed E-state index contributed by atoms with van der Waals surface area (Å²) < 4.78 is 10.9. The number of carbonyl (C=O) groups is 1. The Balaban J connectivity index is 1.76. The molecule has 0 aromatic heterocycles. The lowest BCUT2D eigenvalue weighted by atomic mass is 9.90. The van der Waals surface area contributed by atoms with Crippen LogP contribution in [0.15, 0.2) is 78.9 Å². The highest BCUT2D eigenvalue weighted by Gasteiger charge is 2.18. The molecule has 4 rings (SSSR count). The van der Waals surface area contributed by atoms with Crippen molar-refractivity contribution in [2.24, 2.45) is 0 Å². The van der Waals surface area contributed by atoms with Crippen molar-refractivity contribution in [2.45, 2.75) is 59.2 Å². The van der Waals surface area contributed by atoms with Crippen LogP contribution in [0.3, 0.4) is 0 Å². The van der Waals surface area contributed by atoms with Crippen LogP contribution in [0, 0.1) is 6.92 Å². The van der Waals surface area contributed by atoms with E-state index < -0.39 is 0 Å². The second kappa shape index (κ2) is 11.6. The van der Waals surface area contributed by atoms with E-state index in [9.17, 15) is 4.79 Å². The van der Waals surface area contributed by atoms with Crippen molar-refractivity contribution < 1.29 is 14.3 Å². The van der Waals surface area contributed by atoms with Crippen LogP contribution in [0.2, 0.25) is 0 Å². The molecule has 0 fully saturated rings. The van der Waals surface area contributed by atoms with Crippen molar-refractivity contribution in [3.63, 3.8) is 0 Å². The highest BCUT2D eigenvalue weighted by molar-refractivity contribution is 5.99. The molecule has 0 amide bonds. The van der Waals surface area contributed by atoms with E-state index in [4.69, 9.17) is 9.47 Å². The van der Waals surface area contributed by atoms with Gasteiger partial charge in [0.05, 0.1) is 18.8 Å². The molecule has 4 aromatic rings. The number of aryl methyl sites for hydroxylation is 1. The summed E-state index contributed by atoms with van der Waals surface area (Å²) in [5.74, 6) is 0.569. The zero-order valence-corrected chi connectivity index (χ0v) is 22.7. The minimum atomic E-state index is -0.291.